The lowest BCUT2D eigenvalue weighted by molar-refractivity contribution is -0.384. The van der Waals surface area contributed by atoms with Gasteiger partial charge in [-0.3, -0.25) is 29.4 Å². The highest BCUT2D eigenvalue weighted by molar-refractivity contribution is 6.22. The van der Waals surface area contributed by atoms with Crippen molar-refractivity contribution in [1.29, 1.82) is 5.26 Å². The van der Waals surface area contributed by atoms with E-state index in [1.54, 1.807) is 18.2 Å². The Morgan fingerprint density at radius 2 is 1.76 bits per heavy atom. The van der Waals surface area contributed by atoms with Gasteiger partial charge in [-0.1, -0.05) is 26.0 Å². The maximum Gasteiger partial charge on any atom is 0.329 e. The van der Waals surface area contributed by atoms with Gasteiger partial charge in [0.2, 0.25) is 0 Å². The average molecular weight is 464 g/mol. The first-order valence-electron chi connectivity index (χ1n) is 10.3. The third kappa shape index (κ3) is 4.91. The quantitative estimate of drug-likeness (QED) is 0.270. The van der Waals surface area contributed by atoms with Crippen LogP contribution in [0.15, 0.2) is 42.5 Å². The fraction of sp³-hybridized carbons (Fsp3) is 0.261. The number of hydrogen-bond donors (Lipinski definition) is 1. The molecule has 0 unspecified atom stereocenters. The topological polar surface area (TPSA) is 160 Å². The molecule has 3 amide bonds. The molecule has 2 aromatic carbocycles. The number of nitro groups is 1. The summed E-state index contributed by atoms with van der Waals surface area (Å²) in [5.74, 6) is -3.03. The normalized spacial score (nSPS) is 13.3. The highest BCUT2D eigenvalue weighted by Gasteiger charge is 2.43. The molecule has 0 spiro atoms. The van der Waals surface area contributed by atoms with E-state index < -0.39 is 41.3 Å². The number of hydrogen-bond acceptors (Lipinski definition) is 8. The molecule has 1 atom stereocenters. The summed E-state index contributed by atoms with van der Waals surface area (Å²) in [6, 6.07) is 10.0. The second kappa shape index (κ2) is 9.91. The number of nitrogens with one attached hydrogen (secondary N) is 1. The number of non-ortho nitro benzene ring substituents is 1. The van der Waals surface area contributed by atoms with Crippen LogP contribution in [0.3, 0.4) is 0 Å². The molecular formula is C23H20N4O7. The average Bonchev–Trinajstić information content (AvgIpc) is 3.06. The van der Waals surface area contributed by atoms with Gasteiger partial charge in [-0.25, -0.2) is 4.79 Å². The summed E-state index contributed by atoms with van der Waals surface area (Å²) in [7, 11) is 0. The summed E-state index contributed by atoms with van der Waals surface area (Å²) in [6.45, 7) is 2.87. The van der Waals surface area contributed by atoms with Crippen molar-refractivity contribution < 1.29 is 28.8 Å². The number of imide groups is 1. The maximum absolute atomic E-state index is 12.8. The molecular weight excluding hydrogens is 444 g/mol. The van der Waals surface area contributed by atoms with Crippen LogP contribution >= 0.6 is 0 Å². The molecule has 11 heteroatoms. The zero-order chi connectivity index (χ0) is 25.0. The fourth-order valence-electron chi connectivity index (χ4n) is 3.51. The minimum absolute atomic E-state index is 0.00762. The first-order chi connectivity index (χ1) is 16.1. The molecule has 2 aromatic rings. The van der Waals surface area contributed by atoms with E-state index in [0.29, 0.717) is 0 Å². The van der Waals surface area contributed by atoms with Crippen LogP contribution < -0.4 is 5.32 Å². The van der Waals surface area contributed by atoms with Crippen molar-refractivity contribution in [3.63, 3.8) is 0 Å². The van der Waals surface area contributed by atoms with Crippen molar-refractivity contribution in [1.82, 2.24) is 4.90 Å². The lowest BCUT2D eigenvalue weighted by atomic mass is 10.0. The molecule has 11 nitrogen and oxygen atoms in total. The molecule has 34 heavy (non-hydrogen) atoms. The van der Waals surface area contributed by atoms with Crippen molar-refractivity contribution in [2.24, 2.45) is 5.92 Å². The predicted octanol–water partition coefficient (Wildman–Crippen LogP) is 2.66. The van der Waals surface area contributed by atoms with E-state index in [9.17, 15) is 34.6 Å². The van der Waals surface area contributed by atoms with E-state index in [1.165, 1.54) is 18.2 Å². The summed E-state index contributed by atoms with van der Waals surface area (Å²) in [5.41, 5.74) is -0.0766. The summed E-state index contributed by atoms with van der Waals surface area (Å²) in [5, 5.41) is 22.4. The van der Waals surface area contributed by atoms with Crippen LogP contribution in [0.5, 0.6) is 0 Å². The number of nitriles is 1. The number of anilines is 1. The second-order valence-electron chi connectivity index (χ2n) is 7.93. The van der Waals surface area contributed by atoms with Gasteiger partial charge in [0.05, 0.1) is 27.3 Å². The van der Waals surface area contributed by atoms with Gasteiger partial charge in [-0.05, 0) is 30.5 Å². The Morgan fingerprint density at radius 3 is 2.29 bits per heavy atom. The molecule has 1 aliphatic heterocycles. The Morgan fingerprint density at radius 1 is 1.15 bits per heavy atom. The molecule has 0 radical (unpaired) electrons. The lowest BCUT2D eigenvalue weighted by Crippen LogP contribution is -2.46. The summed E-state index contributed by atoms with van der Waals surface area (Å²) in [4.78, 5) is 61.8. The SMILES string of the molecule is CC(C)C[C@@H](C(=O)OCC(=O)Nc1ccc([N+](=O)[O-])cc1C#N)N1C(=O)c2ccccc2C1=O. The molecule has 0 aromatic heterocycles. The Labute approximate surface area is 194 Å². The van der Waals surface area contributed by atoms with Crippen molar-refractivity contribution >= 4 is 35.1 Å². The third-order valence-corrected chi connectivity index (χ3v) is 5.06. The smallest absolute Gasteiger partial charge is 0.329 e. The van der Waals surface area contributed by atoms with Crippen LogP contribution in [0.1, 0.15) is 46.5 Å². The van der Waals surface area contributed by atoms with E-state index in [2.05, 4.69) is 5.32 Å². The number of nitrogens with zero attached hydrogens (tertiary/aromatic N) is 3. The largest absolute Gasteiger partial charge is 0.454 e. The van der Waals surface area contributed by atoms with Crippen molar-refractivity contribution in [3.05, 3.63) is 69.3 Å². The van der Waals surface area contributed by atoms with Gasteiger partial charge in [0.1, 0.15) is 12.1 Å². The van der Waals surface area contributed by atoms with Gasteiger partial charge in [-0.15, -0.1) is 0 Å². The number of rotatable bonds is 8. The molecule has 0 aliphatic carbocycles. The zero-order valence-electron chi connectivity index (χ0n) is 18.3. The van der Waals surface area contributed by atoms with Crippen molar-refractivity contribution in [3.8, 4) is 6.07 Å². The number of nitro benzene ring substituents is 1. The summed E-state index contributed by atoms with van der Waals surface area (Å²) >= 11 is 0. The number of esters is 1. The van der Waals surface area contributed by atoms with Gasteiger partial charge >= 0.3 is 5.97 Å². The van der Waals surface area contributed by atoms with Crippen LogP contribution in [0.2, 0.25) is 0 Å². The predicted molar refractivity (Wildman–Crippen MR) is 118 cm³/mol. The molecule has 0 saturated heterocycles. The molecule has 1 N–H and O–H groups in total. The number of carbonyl (C=O) groups excluding carboxylic acids is 4. The minimum Gasteiger partial charge on any atom is -0.454 e. The van der Waals surface area contributed by atoms with E-state index in [4.69, 9.17) is 4.74 Å². The number of carbonyl (C=O) groups is 4. The first kappa shape index (κ1) is 24.1. The van der Waals surface area contributed by atoms with Crippen LogP contribution in [-0.4, -0.2) is 46.2 Å². The minimum atomic E-state index is -1.23. The number of amides is 3. The Bertz CT molecular complexity index is 1200. The Kier molecular flexibility index (Phi) is 7.01. The molecule has 1 aliphatic rings. The second-order valence-corrected chi connectivity index (χ2v) is 7.93. The number of fused-ring (bicyclic) bond motifs is 1. The monoisotopic (exact) mass is 464 g/mol. The van der Waals surface area contributed by atoms with Crippen LogP contribution in [0.25, 0.3) is 0 Å². The van der Waals surface area contributed by atoms with Crippen LogP contribution in [0, 0.1) is 27.4 Å². The van der Waals surface area contributed by atoms with Gasteiger partial charge in [0, 0.05) is 12.1 Å². The Hall–Kier alpha value is -4.59. The van der Waals surface area contributed by atoms with Gasteiger partial charge < -0.3 is 10.1 Å². The van der Waals surface area contributed by atoms with Crippen LogP contribution in [0.4, 0.5) is 11.4 Å². The van der Waals surface area contributed by atoms with Gasteiger partial charge in [-0.2, -0.15) is 5.26 Å². The lowest BCUT2D eigenvalue weighted by Gasteiger charge is -2.25. The van der Waals surface area contributed by atoms with E-state index in [0.717, 1.165) is 17.0 Å². The number of benzene rings is 2. The van der Waals surface area contributed by atoms with E-state index in [1.807, 2.05) is 13.8 Å². The standard InChI is InChI=1S/C23H20N4O7/c1-13(2)9-19(26-21(29)16-5-3-4-6-17(16)22(26)30)23(31)34-12-20(28)25-18-8-7-15(27(32)33)10-14(18)11-24/h3-8,10,13,19H,9,12H2,1-2H3,(H,25,28)/t19-/m0/s1. The zero-order valence-corrected chi connectivity index (χ0v) is 18.3. The molecule has 3 rings (SSSR count). The summed E-state index contributed by atoms with van der Waals surface area (Å²) < 4.78 is 5.09. The van der Waals surface area contributed by atoms with Gasteiger partial charge in [0.25, 0.3) is 23.4 Å². The molecule has 1 heterocycles. The molecule has 0 bridgehead atoms. The third-order valence-electron chi connectivity index (χ3n) is 5.06. The fourth-order valence-corrected chi connectivity index (χ4v) is 3.51. The summed E-state index contributed by atoms with van der Waals surface area (Å²) in [6.07, 6.45) is 0.132. The highest BCUT2D eigenvalue weighted by atomic mass is 16.6. The number of ether oxygens (including phenoxy) is 1. The van der Waals surface area contributed by atoms with Crippen LogP contribution in [-0.2, 0) is 14.3 Å². The van der Waals surface area contributed by atoms with E-state index in [-0.39, 0.29) is 40.4 Å². The molecule has 0 saturated carbocycles. The first-order valence-corrected chi connectivity index (χ1v) is 10.3. The molecule has 174 valence electrons. The van der Waals surface area contributed by atoms with E-state index >= 15 is 0 Å². The van der Waals surface area contributed by atoms with Crippen molar-refractivity contribution in [2.45, 2.75) is 26.3 Å². The highest BCUT2D eigenvalue weighted by Crippen LogP contribution is 2.27. The maximum atomic E-state index is 12.8. The van der Waals surface area contributed by atoms with Gasteiger partial charge in [0.15, 0.2) is 6.61 Å². The Balaban J connectivity index is 1.71. The molecule has 0 fully saturated rings. The van der Waals surface area contributed by atoms with Crippen molar-refractivity contribution in [2.75, 3.05) is 11.9 Å².